The SMILES string of the molecule is CCCS(=O)(=O)NCCC(O)C(CC1CCCCC1)NC(=O)OC(C)(C)C. The molecule has 2 unspecified atom stereocenters. The molecular weight excluding hydrogens is 368 g/mol. The van der Waals surface area contributed by atoms with Gasteiger partial charge in [-0.25, -0.2) is 17.9 Å². The first-order valence-corrected chi connectivity index (χ1v) is 11.8. The Morgan fingerprint density at radius 1 is 1.22 bits per heavy atom. The molecule has 0 radical (unpaired) electrons. The van der Waals surface area contributed by atoms with Gasteiger partial charge in [0.25, 0.3) is 0 Å². The lowest BCUT2D eigenvalue weighted by Gasteiger charge is -2.31. The van der Waals surface area contributed by atoms with Crippen molar-refractivity contribution in [2.24, 2.45) is 5.92 Å². The number of amides is 1. The van der Waals surface area contributed by atoms with Gasteiger partial charge < -0.3 is 15.2 Å². The summed E-state index contributed by atoms with van der Waals surface area (Å²) in [5, 5.41) is 13.4. The standard InChI is InChI=1S/C19H38N2O5S/c1-5-13-27(24,25)20-12-11-17(22)16(14-15-9-7-6-8-10-15)21-18(23)26-19(2,3)4/h15-17,20,22H,5-14H2,1-4H3,(H,21,23). The van der Waals surface area contributed by atoms with Crippen LogP contribution in [-0.4, -0.2) is 49.7 Å². The second-order valence-electron chi connectivity index (χ2n) is 8.56. The van der Waals surface area contributed by atoms with Gasteiger partial charge in [0.05, 0.1) is 17.9 Å². The van der Waals surface area contributed by atoms with Crippen LogP contribution in [0.15, 0.2) is 0 Å². The fourth-order valence-corrected chi connectivity index (χ4v) is 4.57. The highest BCUT2D eigenvalue weighted by molar-refractivity contribution is 7.89. The molecule has 1 aliphatic rings. The van der Waals surface area contributed by atoms with E-state index in [1.807, 2.05) is 0 Å². The third kappa shape index (κ3) is 10.9. The maximum atomic E-state index is 12.2. The van der Waals surface area contributed by atoms with E-state index in [1.165, 1.54) is 19.3 Å². The van der Waals surface area contributed by atoms with Crippen LogP contribution in [0.5, 0.6) is 0 Å². The molecular formula is C19H38N2O5S. The number of hydrogen-bond acceptors (Lipinski definition) is 5. The summed E-state index contributed by atoms with van der Waals surface area (Å²) < 4.78 is 31.3. The number of nitrogens with one attached hydrogen (secondary N) is 2. The lowest BCUT2D eigenvalue weighted by atomic mass is 9.83. The van der Waals surface area contributed by atoms with Crippen molar-refractivity contribution in [2.75, 3.05) is 12.3 Å². The molecule has 1 aliphatic carbocycles. The van der Waals surface area contributed by atoms with E-state index in [2.05, 4.69) is 10.0 Å². The van der Waals surface area contributed by atoms with Crippen LogP contribution >= 0.6 is 0 Å². The van der Waals surface area contributed by atoms with Gasteiger partial charge in [-0.05, 0) is 46.0 Å². The minimum absolute atomic E-state index is 0.0742. The van der Waals surface area contributed by atoms with Crippen LogP contribution in [-0.2, 0) is 14.8 Å². The highest BCUT2D eigenvalue weighted by atomic mass is 32.2. The highest BCUT2D eigenvalue weighted by Gasteiger charge is 2.28. The molecule has 0 aromatic rings. The summed E-state index contributed by atoms with van der Waals surface area (Å²) in [6, 6.07) is -0.446. The zero-order valence-corrected chi connectivity index (χ0v) is 18.1. The van der Waals surface area contributed by atoms with Crippen molar-refractivity contribution in [3.8, 4) is 0 Å². The van der Waals surface area contributed by atoms with E-state index in [1.54, 1.807) is 27.7 Å². The van der Waals surface area contributed by atoms with E-state index in [0.717, 1.165) is 12.8 Å². The summed E-state index contributed by atoms with van der Waals surface area (Å²) in [6.45, 7) is 7.34. The number of alkyl carbamates (subject to hydrolysis) is 1. The molecule has 3 N–H and O–H groups in total. The van der Waals surface area contributed by atoms with Crippen LogP contribution in [0.1, 0.15) is 79.1 Å². The molecule has 0 heterocycles. The third-order valence-electron chi connectivity index (χ3n) is 4.71. The molecule has 1 fully saturated rings. The van der Waals surface area contributed by atoms with Gasteiger partial charge in [0, 0.05) is 6.54 Å². The van der Waals surface area contributed by atoms with Crippen molar-refractivity contribution < 1.29 is 23.1 Å². The van der Waals surface area contributed by atoms with E-state index in [-0.39, 0.29) is 18.7 Å². The van der Waals surface area contributed by atoms with Gasteiger partial charge in [-0.2, -0.15) is 0 Å². The quantitative estimate of drug-likeness (QED) is 0.517. The Balaban J connectivity index is 2.63. The summed E-state index contributed by atoms with van der Waals surface area (Å²) in [7, 11) is -3.30. The second kappa shape index (κ2) is 11.2. The first kappa shape index (κ1) is 24.2. The van der Waals surface area contributed by atoms with Crippen LogP contribution in [0, 0.1) is 5.92 Å². The summed E-state index contributed by atoms with van der Waals surface area (Å²) >= 11 is 0. The van der Waals surface area contributed by atoms with Gasteiger partial charge in [0.2, 0.25) is 10.0 Å². The maximum Gasteiger partial charge on any atom is 0.407 e. The van der Waals surface area contributed by atoms with E-state index in [9.17, 15) is 18.3 Å². The van der Waals surface area contributed by atoms with Gasteiger partial charge in [-0.1, -0.05) is 39.0 Å². The monoisotopic (exact) mass is 406 g/mol. The predicted molar refractivity (Wildman–Crippen MR) is 107 cm³/mol. The van der Waals surface area contributed by atoms with Crippen molar-refractivity contribution in [1.82, 2.24) is 10.0 Å². The smallest absolute Gasteiger partial charge is 0.407 e. The molecule has 160 valence electrons. The van der Waals surface area contributed by atoms with Crippen LogP contribution in [0.2, 0.25) is 0 Å². The number of aliphatic hydroxyl groups excluding tert-OH is 1. The van der Waals surface area contributed by atoms with E-state index in [0.29, 0.717) is 18.8 Å². The molecule has 0 spiro atoms. The fraction of sp³-hybridized carbons (Fsp3) is 0.947. The van der Waals surface area contributed by atoms with E-state index < -0.39 is 33.9 Å². The topological polar surface area (TPSA) is 105 Å². The lowest BCUT2D eigenvalue weighted by molar-refractivity contribution is 0.0382. The number of carbonyl (C=O) groups excluding carboxylic acids is 1. The van der Waals surface area contributed by atoms with Crippen LogP contribution in [0.3, 0.4) is 0 Å². The summed E-state index contributed by atoms with van der Waals surface area (Å²) in [5.41, 5.74) is -0.611. The normalized spacial score (nSPS) is 18.7. The molecule has 0 aromatic carbocycles. The van der Waals surface area contributed by atoms with Crippen LogP contribution < -0.4 is 10.0 Å². The van der Waals surface area contributed by atoms with E-state index >= 15 is 0 Å². The molecule has 0 aliphatic heterocycles. The lowest BCUT2D eigenvalue weighted by Crippen LogP contribution is -2.47. The van der Waals surface area contributed by atoms with E-state index in [4.69, 9.17) is 4.74 Å². The highest BCUT2D eigenvalue weighted by Crippen LogP contribution is 2.28. The number of hydrogen-bond donors (Lipinski definition) is 3. The molecule has 0 bridgehead atoms. The average molecular weight is 407 g/mol. The van der Waals surface area contributed by atoms with Gasteiger partial charge in [-0.3, -0.25) is 0 Å². The number of sulfonamides is 1. The molecule has 1 amide bonds. The van der Waals surface area contributed by atoms with Gasteiger partial charge in [0.15, 0.2) is 0 Å². The van der Waals surface area contributed by atoms with Crippen LogP contribution in [0.25, 0.3) is 0 Å². The van der Waals surface area contributed by atoms with Gasteiger partial charge in [0.1, 0.15) is 5.60 Å². The molecule has 0 aromatic heterocycles. The molecule has 0 saturated heterocycles. The number of aliphatic hydroxyl groups is 1. The minimum atomic E-state index is -3.30. The van der Waals surface area contributed by atoms with Gasteiger partial charge in [-0.15, -0.1) is 0 Å². The Labute approximate surface area is 164 Å². The molecule has 2 atom stereocenters. The Kier molecular flexibility index (Phi) is 10.0. The van der Waals surface area contributed by atoms with Crippen molar-refractivity contribution in [1.29, 1.82) is 0 Å². The fourth-order valence-electron chi connectivity index (χ4n) is 3.46. The Morgan fingerprint density at radius 3 is 2.41 bits per heavy atom. The maximum absolute atomic E-state index is 12.2. The zero-order chi connectivity index (χ0) is 20.5. The van der Waals surface area contributed by atoms with Gasteiger partial charge >= 0.3 is 6.09 Å². The Hall–Kier alpha value is -0.860. The molecule has 1 saturated carbocycles. The predicted octanol–water partition coefficient (Wildman–Crippen LogP) is 2.93. The number of rotatable bonds is 10. The van der Waals surface area contributed by atoms with Crippen molar-refractivity contribution >= 4 is 16.1 Å². The number of carbonyl (C=O) groups is 1. The third-order valence-corrected chi connectivity index (χ3v) is 6.30. The Bertz CT molecular complexity index is 539. The molecule has 27 heavy (non-hydrogen) atoms. The summed E-state index contributed by atoms with van der Waals surface area (Å²) in [4.78, 5) is 12.2. The van der Waals surface area contributed by atoms with Crippen LogP contribution in [0.4, 0.5) is 4.79 Å². The second-order valence-corrected chi connectivity index (χ2v) is 10.5. The zero-order valence-electron chi connectivity index (χ0n) is 17.3. The molecule has 8 heteroatoms. The molecule has 7 nitrogen and oxygen atoms in total. The first-order valence-electron chi connectivity index (χ1n) is 10.2. The number of ether oxygens (including phenoxy) is 1. The average Bonchev–Trinajstić information content (AvgIpc) is 2.53. The summed E-state index contributed by atoms with van der Waals surface area (Å²) in [5.74, 6) is 0.537. The van der Waals surface area contributed by atoms with Crippen molar-refractivity contribution in [2.45, 2.75) is 96.8 Å². The minimum Gasteiger partial charge on any atom is -0.444 e. The Morgan fingerprint density at radius 2 is 1.85 bits per heavy atom. The largest absolute Gasteiger partial charge is 0.444 e. The van der Waals surface area contributed by atoms with Crippen molar-refractivity contribution in [3.05, 3.63) is 0 Å². The molecule has 1 rings (SSSR count). The van der Waals surface area contributed by atoms with Crippen molar-refractivity contribution in [3.63, 3.8) is 0 Å². The first-order chi connectivity index (χ1) is 12.5. The summed E-state index contributed by atoms with van der Waals surface area (Å²) in [6.07, 6.45) is 5.89.